The fraction of sp³-hybridized carbons (Fsp3) is 0.389. The van der Waals surface area contributed by atoms with Crippen molar-refractivity contribution < 1.29 is 4.79 Å². The molecule has 0 unspecified atom stereocenters. The molecule has 0 saturated carbocycles. The first-order valence-electron chi connectivity index (χ1n) is 8.50. The summed E-state index contributed by atoms with van der Waals surface area (Å²) in [6.07, 6.45) is 2.34. The lowest BCUT2D eigenvalue weighted by Gasteiger charge is -2.16. The van der Waals surface area contributed by atoms with Crippen LogP contribution in [-0.4, -0.2) is 33.8 Å². The summed E-state index contributed by atoms with van der Waals surface area (Å²) in [5.74, 6) is 0.769. The van der Waals surface area contributed by atoms with E-state index in [1.54, 1.807) is 11.3 Å². The molecule has 3 heterocycles. The Morgan fingerprint density at radius 3 is 2.76 bits per heavy atom. The smallest absolute Gasteiger partial charge is 0.255 e. The highest BCUT2D eigenvalue weighted by Crippen LogP contribution is 2.31. The van der Waals surface area contributed by atoms with E-state index in [9.17, 15) is 4.79 Å². The van der Waals surface area contributed by atoms with Gasteiger partial charge in [0.2, 0.25) is 0 Å². The second-order valence-electron chi connectivity index (χ2n) is 6.47. The first-order chi connectivity index (χ1) is 12.0. The number of carbonyl (C=O) groups is 1. The highest BCUT2D eigenvalue weighted by molar-refractivity contribution is 7.18. The average molecular weight is 355 g/mol. The Bertz CT molecular complexity index is 952. The van der Waals surface area contributed by atoms with Crippen LogP contribution in [0.1, 0.15) is 33.9 Å². The standard InChI is InChI=1S/C18H21N5OS/c1-11-16(17(21-22(11)3)23-8-4-5-9-23)20-18(24)13-6-7-14-15(10-13)25-12(2)19-14/h6-7,10H,4-5,8-9H2,1-3H3,(H,20,24). The molecular weight excluding hydrogens is 334 g/mol. The number of amides is 1. The number of nitrogens with zero attached hydrogens (tertiary/aromatic N) is 4. The molecule has 1 aliphatic rings. The van der Waals surface area contributed by atoms with Crippen LogP contribution in [0.25, 0.3) is 10.2 Å². The van der Waals surface area contributed by atoms with Crippen LogP contribution < -0.4 is 10.2 Å². The Morgan fingerprint density at radius 1 is 1.24 bits per heavy atom. The van der Waals surface area contributed by atoms with Gasteiger partial charge in [-0.3, -0.25) is 9.48 Å². The molecule has 4 rings (SSSR count). The van der Waals surface area contributed by atoms with Gasteiger partial charge in [-0.05, 0) is 44.9 Å². The van der Waals surface area contributed by atoms with Gasteiger partial charge in [-0.1, -0.05) is 0 Å². The lowest BCUT2D eigenvalue weighted by atomic mass is 10.2. The molecule has 6 nitrogen and oxygen atoms in total. The van der Waals surface area contributed by atoms with Crippen molar-refractivity contribution in [1.82, 2.24) is 14.8 Å². The summed E-state index contributed by atoms with van der Waals surface area (Å²) in [7, 11) is 1.91. The second kappa shape index (κ2) is 6.15. The number of benzene rings is 1. The maximum atomic E-state index is 12.8. The molecule has 7 heteroatoms. The quantitative estimate of drug-likeness (QED) is 0.781. The number of fused-ring (bicyclic) bond motifs is 1. The second-order valence-corrected chi connectivity index (χ2v) is 7.71. The summed E-state index contributed by atoms with van der Waals surface area (Å²) in [5.41, 5.74) is 3.36. The summed E-state index contributed by atoms with van der Waals surface area (Å²) in [6, 6.07) is 5.65. The Morgan fingerprint density at radius 2 is 2.00 bits per heavy atom. The summed E-state index contributed by atoms with van der Waals surface area (Å²) >= 11 is 1.61. The zero-order valence-electron chi connectivity index (χ0n) is 14.7. The van der Waals surface area contributed by atoms with Crippen molar-refractivity contribution in [2.24, 2.45) is 7.05 Å². The van der Waals surface area contributed by atoms with Gasteiger partial charge >= 0.3 is 0 Å². The molecule has 0 spiro atoms. The van der Waals surface area contributed by atoms with Gasteiger partial charge < -0.3 is 10.2 Å². The van der Waals surface area contributed by atoms with E-state index in [1.807, 2.05) is 43.8 Å². The van der Waals surface area contributed by atoms with Gasteiger partial charge in [-0.25, -0.2) is 4.98 Å². The normalized spacial score (nSPS) is 14.4. The van der Waals surface area contributed by atoms with E-state index in [1.165, 1.54) is 12.8 Å². The maximum absolute atomic E-state index is 12.8. The van der Waals surface area contributed by atoms with Crippen LogP contribution in [0.4, 0.5) is 11.5 Å². The molecule has 1 amide bonds. The van der Waals surface area contributed by atoms with Crippen LogP contribution in [0.3, 0.4) is 0 Å². The van der Waals surface area contributed by atoms with E-state index in [2.05, 4.69) is 20.3 Å². The molecule has 0 bridgehead atoms. The van der Waals surface area contributed by atoms with Crippen LogP contribution >= 0.6 is 11.3 Å². The van der Waals surface area contributed by atoms with Gasteiger partial charge in [-0.15, -0.1) is 11.3 Å². The van der Waals surface area contributed by atoms with E-state index >= 15 is 0 Å². The monoisotopic (exact) mass is 355 g/mol. The molecule has 130 valence electrons. The highest BCUT2D eigenvalue weighted by Gasteiger charge is 2.23. The Labute approximate surface area is 150 Å². The summed E-state index contributed by atoms with van der Waals surface area (Å²) in [4.78, 5) is 19.5. The number of hydrogen-bond donors (Lipinski definition) is 1. The number of anilines is 2. The molecule has 2 aromatic heterocycles. The minimum Gasteiger partial charge on any atom is -0.353 e. The van der Waals surface area contributed by atoms with Gasteiger partial charge in [0, 0.05) is 25.7 Å². The molecule has 0 atom stereocenters. The van der Waals surface area contributed by atoms with Gasteiger partial charge in [0.1, 0.15) is 5.69 Å². The average Bonchev–Trinajstić information content (AvgIpc) is 3.29. The topological polar surface area (TPSA) is 63.1 Å². The molecular formula is C18H21N5OS. The van der Waals surface area contributed by atoms with Crippen LogP contribution in [0, 0.1) is 13.8 Å². The molecule has 0 radical (unpaired) electrons. The lowest BCUT2D eigenvalue weighted by Crippen LogP contribution is -2.21. The van der Waals surface area contributed by atoms with Crippen LogP contribution in [0.5, 0.6) is 0 Å². The van der Waals surface area contributed by atoms with Crippen molar-refractivity contribution >= 4 is 39.0 Å². The predicted molar refractivity (Wildman–Crippen MR) is 102 cm³/mol. The number of aryl methyl sites for hydroxylation is 2. The first-order valence-corrected chi connectivity index (χ1v) is 9.31. The van der Waals surface area contributed by atoms with E-state index in [0.29, 0.717) is 5.56 Å². The summed E-state index contributed by atoms with van der Waals surface area (Å²) in [5, 5.41) is 8.70. The number of aromatic nitrogens is 3. The van der Waals surface area contributed by atoms with Gasteiger partial charge in [-0.2, -0.15) is 5.10 Å². The zero-order chi connectivity index (χ0) is 17.6. The fourth-order valence-electron chi connectivity index (χ4n) is 3.25. The third-order valence-electron chi connectivity index (χ3n) is 4.72. The molecule has 3 aromatic rings. The van der Waals surface area contributed by atoms with Crippen molar-refractivity contribution in [3.05, 3.63) is 34.5 Å². The van der Waals surface area contributed by atoms with E-state index < -0.39 is 0 Å². The minimum atomic E-state index is -0.107. The molecule has 25 heavy (non-hydrogen) atoms. The Kier molecular flexibility index (Phi) is 3.95. The number of rotatable bonds is 3. The number of carbonyl (C=O) groups excluding carboxylic acids is 1. The number of hydrogen-bond acceptors (Lipinski definition) is 5. The molecule has 1 fully saturated rings. The largest absolute Gasteiger partial charge is 0.353 e. The molecule has 1 N–H and O–H groups in total. The number of thiazole rings is 1. The van der Waals surface area contributed by atoms with Gasteiger partial charge in [0.25, 0.3) is 5.91 Å². The van der Waals surface area contributed by atoms with E-state index in [-0.39, 0.29) is 5.91 Å². The van der Waals surface area contributed by atoms with Crippen molar-refractivity contribution in [3.63, 3.8) is 0 Å². The minimum absolute atomic E-state index is 0.107. The van der Waals surface area contributed by atoms with Crippen molar-refractivity contribution in [1.29, 1.82) is 0 Å². The van der Waals surface area contributed by atoms with Crippen LogP contribution in [-0.2, 0) is 7.05 Å². The molecule has 1 saturated heterocycles. The number of nitrogens with one attached hydrogen (secondary N) is 1. The van der Waals surface area contributed by atoms with Crippen LogP contribution in [0.2, 0.25) is 0 Å². The van der Waals surface area contributed by atoms with Crippen LogP contribution in [0.15, 0.2) is 18.2 Å². The van der Waals surface area contributed by atoms with Crippen molar-refractivity contribution in [3.8, 4) is 0 Å². The first kappa shape index (κ1) is 16.1. The highest BCUT2D eigenvalue weighted by atomic mass is 32.1. The lowest BCUT2D eigenvalue weighted by molar-refractivity contribution is 0.102. The fourth-order valence-corrected chi connectivity index (χ4v) is 4.12. The van der Waals surface area contributed by atoms with E-state index in [0.717, 1.165) is 45.5 Å². The molecule has 0 aliphatic carbocycles. The summed E-state index contributed by atoms with van der Waals surface area (Å²) < 4.78 is 2.87. The summed E-state index contributed by atoms with van der Waals surface area (Å²) in [6.45, 7) is 5.94. The third-order valence-corrected chi connectivity index (χ3v) is 5.65. The SMILES string of the molecule is Cc1nc2ccc(C(=O)Nc3c(N4CCCC4)nn(C)c3C)cc2s1. The Balaban J connectivity index is 1.65. The maximum Gasteiger partial charge on any atom is 0.255 e. The van der Waals surface area contributed by atoms with Gasteiger partial charge in [0.15, 0.2) is 5.82 Å². The molecule has 1 aliphatic heterocycles. The van der Waals surface area contributed by atoms with Gasteiger partial charge in [0.05, 0.1) is 20.9 Å². The van der Waals surface area contributed by atoms with Crippen molar-refractivity contribution in [2.75, 3.05) is 23.3 Å². The zero-order valence-corrected chi connectivity index (χ0v) is 15.5. The Hall–Kier alpha value is -2.41. The predicted octanol–water partition coefficient (Wildman–Crippen LogP) is 3.50. The molecule has 1 aromatic carbocycles. The third kappa shape index (κ3) is 2.89. The van der Waals surface area contributed by atoms with Crippen molar-refractivity contribution in [2.45, 2.75) is 26.7 Å². The van der Waals surface area contributed by atoms with E-state index in [4.69, 9.17) is 0 Å².